The van der Waals surface area contributed by atoms with Gasteiger partial charge in [-0.1, -0.05) is 13.8 Å². The van der Waals surface area contributed by atoms with Gasteiger partial charge in [-0.05, 0) is 37.7 Å². The number of nitrogens with zero attached hydrogens (tertiary/aromatic N) is 5. The van der Waals surface area contributed by atoms with E-state index >= 15 is 0 Å². The summed E-state index contributed by atoms with van der Waals surface area (Å²) in [7, 11) is 0. The Balaban J connectivity index is 1.30. The molecule has 4 atom stereocenters. The number of piperazine rings is 1. The summed E-state index contributed by atoms with van der Waals surface area (Å²) >= 11 is 0. The molecule has 2 aromatic heterocycles. The van der Waals surface area contributed by atoms with Crippen molar-refractivity contribution in [2.24, 2.45) is 11.8 Å². The fourth-order valence-electron chi connectivity index (χ4n) is 6.13. The molecule has 2 aliphatic carbocycles. The van der Waals surface area contributed by atoms with Gasteiger partial charge in [0.25, 0.3) is 0 Å². The minimum atomic E-state index is -4.43. The maximum Gasteiger partial charge on any atom is 0.418 e. The van der Waals surface area contributed by atoms with E-state index in [0.29, 0.717) is 41.7 Å². The third-order valence-corrected chi connectivity index (χ3v) is 7.99. The monoisotopic (exact) mass is 479 g/mol. The molecule has 2 saturated carbocycles. The Kier molecular flexibility index (Phi) is 6.21. The average Bonchev–Trinajstić information content (AvgIpc) is 3.14. The third kappa shape index (κ3) is 4.37. The maximum absolute atomic E-state index is 13.4. The van der Waals surface area contributed by atoms with Crippen LogP contribution in [0.5, 0.6) is 0 Å². The van der Waals surface area contributed by atoms with Crippen LogP contribution in [0.2, 0.25) is 0 Å². The normalized spacial score (nSPS) is 28.0. The van der Waals surface area contributed by atoms with Gasteiger partial charge in [0.1, 0.15) is 12.5 Å². The summed E-state index contributed by atoms with van der Waals surface area (Å²) in [6.45, 7) is 9.67. The van der Waals surface area contributed by atoms with E-state index in [-0.39, 0.29) is 18.3 Å². The summed E-state index contributed by atoms with van der Waals surface area (Å²) in [4.78, 5) is 13.5. The Morgan fingerprint density at radius 2 is 1.76 bits per heavy atom. The second kappa shape index (κ2) is 8.90. The van der Waals surface area contributed by atoms with Gasteiger partial charge in [0.2, 0.25) is 0 Å². The zero-order chi connectivity index (χ0) is 24.2. The maximum atomic E-state index is 13.4. The number of hydrogen-bond donors (Lipinski definition) is 0. The summed E-state index contributed by atoms with van der Waals surface area (Å²) in [5, 5.41) is 0. The first-order valence-electron chi connectivity index (χ1n) is 12.3. The average molecular weight is 480 g/mol. The predicted molar refractivity (Wildman–Crippen MR) is 122 cm³/mol. The number of imidazole rings is 1. The number of pyridine rings is 1. The molecule has 5 nitrogen and oxygen atoms in total. The molecule has 0 radical (unpaired) electrons. The SMILES string of the molecule is Cc1ncc(-c2cn(C3[C@H]4CC(N5CCN(CCF)CC5)C[C@@H]34)c(C(C)C)n2)cc1C(F)(F)F. The van der Waals surface area contributed by atoms with Crippen LogP contribution < -0.4 is 0 Å². The van der Waals surface area contributed by atoms with Crippen LogP contribution in [0.3, 0.4) is 0 Å². The molecule has 34 heavy (non-hydrogen) atoms. The molecule has 0 amide bonds. The van der Waals surface area contributed by atoms with Gasteiger partial charge in [-0.25, -0.2) is 9.37 Å². The van der Waals surface area contributed by atoms with Crippen LogP contribution in [0, 0.1) is 18.8 Å². The van der Waals surface area contributed by atoms with Gasteiger partial charge in [0.05, 0.1) is 11.3 Å². The molecule has 2 unspecified atom stereocenters. The van der Waals surface area contributed by atoms with Crippen molar-refractivity contribution in [2.45, 2.75) is 57.8 Å². The summed E-state index contributed by atoms with van der Waals surface area (Å²) < 4.78 is 55.1. The van der Waals surface area contributed by atoms with E-state index < -0.39 is 11.7 Å². The van der Waals surface area contributed by atoms with Crippen LogP contribution in [0.15, 0.2) is 18.5 Å². The number of rotatable bonds is 6. The highest BCUT2D eigenvalue weighted by molar-refractivity contribution is 5.59. The predicted octanol–water partition coefficient (Wildman–Crippen LogP) is 4.93. The number of aromatic nitrogens is 3. The molecule has 5 rings (SSSR count). The van der Waals surface area contributed by atoms with Crippen molar-refractivity contribution < 1.29 is 17.6 Å². The van der Waals surface area contributed by atoms with E-state index in [4.69, 9.17) is 4.98 Å². The number of halogens is 4. The topological polar surface area (TPSA) is 37.2 Å². The molecule has 3 aliphatic rings. The highest BCUT2D eigenvalue weighted by Gasteiger charge is 2.58. The van der Waals surface area contributed by atoms with Crippen LogP contribution in [0.25, 0.3) is 11.3 Å². The van der Waals surface area contributed by atoms with Gasteiger partial charge < -0.3 is 4.57 Å². The summed E-state index contributed by atoms with van der Waals surface area (Å²) in [6, 6.07) is 2.13. The first-order chi connectivity index (χ1) is 16.2. The Bertz CT molecular complexity index is 1010. The lowest BCUT2D eigenvalue weighted by Crippen LogP contribution is -2.50. The molecule has 186 valence electrons. The minimum Gasteiger partial charge on any atom is -0.330 e. The highest BCUT2D eigenvalue weighted by Crippen LogP contribution is 2.62. The van der Waals surface area contributed by atoms with Gasteiger partial charge in [-0.2, -0.15) is 13.2 Å². The minimum absolute atomic E-state index is 0.0203. The van der Waals surface area contributed by atoms with Crippen molar-refractivity contribution in [3.8, 4) is 11.3 Å². The van der Waals surface area contributed by atoms with Crippen molar-refractivity contribution in [3.05, 3.63) is 35.5 Å². The summed E-state index contributed by atoms with van der Waals surface area (Å²) in [5.74, 6) is 2.29. The highest BCUT2D eigenvalue weighted by atomic mass is 19.4. The molecule has 9 heteroatoms. The van der Waals surface area contributed by atoms with Gasteiger partial charge >= 0.3 is 6.18 Å². The van der Waals surface area contributed by atoms with E-state index in [9.17, 15) is 17.6 Å². The number of fused-ring (bicyclic) bond motifs is 1. The zero-order valence-electron chi connectivity index (χ0n) is 20.0. The van der Waals surface area contributed by atoms with Crippen molar-refractivity contribution in [3.63, 3.8) is 0 Å². The quantitative estimate of drug-likeness (QED) is 0.551. The molecule has 0 N–H and O–H groups in total. The standard InChI is InChI=1S/C25H33F4N5/c1-15(2)24-31-22(17-10-21(25(27,28)29)16(3)30-13-17)14-34(24)23-19-11-18(12-20(19)23)33-8-6-32(5-4-26)7-9-33/h10,13-15,18-20,23H,4-9,11-12H2,1-3H3/t18?,19-,20+,23?. The zero-order valence-corrected chi connectivity index (χ0v) is 20.0. The second-order valence-corrected chi connectivity index (χ2v) is 10.4. The first kappa shape index (κ1) is 23.7. The largest absolute Gasteiger partial charge is 0.418 e. The molecule has 0 aromatic carbocycles. The van der Waals surface area contributed by atoms with Crippen LogP contribution in [-0.2, 0) is 6.18 Å². The number of aryl methyl sites for hydroxylation is 1. The van der Waals surface area contributed by atoms with Crippen molar-refractivity contribution in [2.75, 3.05) is 39.4 Å². The van der Waals surface area contributed by atoms with E-state index in [1.807, 2.05) is 6.20 Å². The molecule has 3 heterocycles. The molecular weight excluding hydrogens is 446 g/mol. The van der Waals surface area contributed by atoms with Crippen LogP contribution >= 0.6 is 0 Å². The summed E-state index contributed by atoms with van der Waals surface area (Å²) in [5.41, 5.74) is 0.247. The van der Waals surface area contributed by atoms with Crippen LogP contribution in [0.4, 0.5) is 17.6 Å². The molecule has 0 spiro atoms. The van der Waals surface area contributed by atoms with Crippen LogP contribution in [0.1, 0.15) is 55.7 Å². The lowest BCUT2D eigenvalue weighted by Gasteiger charge is -2.38. The Labute approximate surface area is 198 Å². The third-order valence-electron chi connectivity index (χ3n) is 7.99. The molecule has 1 aliphatic heterocycles. The number of alkyl halides is 4. The smallest absolute Gasteiger partial charge is 0.330 e. The van der Waals surface area contributed by atoms with Crippen molar-refractivity contribution in [1.82, 2.24) is 24.3 Å². The van der Waals surface area contributed by atoms with E-state index in [1.54, 1.807) is 0 Å². The molecule has 1 saturated heterocycles. The lowest BCUT2D eigenvalue weighted by atomic mass is 10.1. The lowest BCUT2D eigenvalue weighted by molar-refractivity contribution is -0.138. The van der Waals surface area contributed by atoms with Gasteiger partial charge in [0, 0.05) is 74.4 Å². The Morgan fingerprint density at radius 1 is 1.09 bits per heavy atom. The van der Waals surface area contributed by atoms with Gasteiger partial charge in [0.15, 0.2) is 0 Å². The molecule has 0 bridgehead atoms. The van der Waals surface area contributed by atoms with Crippen molar-refractivity contribution >= 4 is 0 Å². The molecule has 3 fully saturated rings. The van der Waals surface area contributed by atoms with Gasteiger partial charge in [-0.15, -0.1) is 0 Å². The first-order valence-corrected chi connectivity index (χ1v) is 12.3. The Morgan fingerprint density at radius 3 is 2.35 bits per heavy atom. The summed E-state index contributed by atoms with van der Waals surface area (Å²) in [6.07, 6.45) is 1.29. The molecule has 2 aromatic rings. The fourth-order valence-corrected chi connectivity index (χ4v) is 6.13. The second-order valence-electron chi connectivity index (χ2n) is 10.4. The molecular formula is C25H33F4N5. The van der Waals surface area contributed by atoms with Crippen LogP contribution in [-0.4, -0.2) is 69.8 Å². The van der Waals surface area contributed by atoms with Gasteiger partial charge in [-0.3, -0.25) is 14.8 Å². The van der Waals surface area contributed by atoms with Crippen molar-refractivity contribution in [1.29, 1.82) is 0 Å². The Hall–Kier alpha value is -2.00. The van der Waals surface area contributed by atoms with E-state index in [0.717, 1.165) is 44.8 Å². The van der Waals surface area contributed by atoms with E-state index in [1.165, 1.54) is 19.2 Å². The fraction of sp³-hybridized carbons (Fsp3) is 0.680. The number of hydrogen-bond acceptors (Lipinski definition) is 4. The van der Waals surface area contributed by atoms with E-state index in [2.05, 4.69) is 33.2 Å².